The molecule has 0 aliphatic carbocycles. The summed E-state index contributed by atoms with van der Waals surface area (Å²) in [6, 6.07) is 13.9. The van der Waals surface area contributed by atoms with Crippen LogP contribution in [-0.4, -0.2) is 46.2 Å². The largest absolute Gasteiger partial charge is 0.481 e. The predicted molar refractivity (Wildman–Crippen MR) is 144 cm³/mol. The molecule has 37 heavy (non-hydrogen) atoms. The van der Waals surface area contributed by atoms with E-state index in [4.69, 9.17) is 4.99 Å². The van der Waals surface area contributed by atoms with Gasteiger partial charge in [0.1, 0.15) is 16.9 Å². The zero-order chi connectivity index (χ0) is 26.6. The highest BCUT2D eigenvalue weighted by Crippen LogP contribution is 2.40. The fourth-order valence-corrected chi connectivity index (χ4v) is 6.38. The topological polar surface area (TPSA) is 115 Å². The van der Waals surface area contributed by atoms with Gasteiger partial charge in [-0.1, -0.05) is 36.4 Å². The third-order valence-electron chi connectivity index (χ3n) is 6.83. The fourth-order valence-electron chi connectivity index (χ4n) is 4.53. The first kappa shape index (κ1) is 25.0. The molecule has 8 nitrogen and oxygen atoms in total. The van der Waals surface area contributed by atoms with Crippen LogP contribution in [0, 0.1) is 26.7 Å². The van der Waals surface area contributed by atoms with Gasteiger partial charge in [0.15, 0.2) is 15.7 Å². The van der Waals surface area contributed by atoms with Crippen molar-refractivity contribution in [1.82, 2.24) is 14.8 Å². The maximum absolute atomic E-state index is 12.0. The summed E-state index contributed by atoms with van der Waals surface area (Å²) >= 11 is 1.62. The molecule has 0 fully saturated rings. The Morgan fingerprint density at radius 1 is 0.973 bits per heavy atom. The number of hydrogen-bond acceptors (Lipinski definition) is 7. The Hall–Kier alpha value is -3.63. The van der Waals surface area contributed by atoms with Crippen LogP contribution in [0.4, 0.5) is 0 Å². The number of rotatable bonds is 5. The number of benzene rings is 2. The molecule has 190 valence electrons. The zero-order valence-electron chi connectivity index (χ0n) is 21.1. The SMILES string of the molecule is Cc1sc2c(c1C)C(c1ccc(-c3ccc(S(C)(=O)=O)cc3)cc1)=N[C@@H](C(C)C(=O)O)c1nnc(C)n1-2. The molecule has 0 spiro atoms. The molecule has 5 rings (SSSR count). The van der Waals surface area contributed by atoms with Gasteiger partial charge in [0.05, 0.1) is 16.5 Å². The van der Waals surface area contributed by atoms with Gasteiger partial charge >= 0.3 is 5.97 Å². The third-order valence-corrected chi connectivity index (χ3v) is 9.15. The fraction of sp³-hybridized carbons (Fsp3) is 0.259. The normalized spacial score (nSPS) is 15.9. The second kappa shape index (κ2) is 9.04. The molecule has 2 atom stereocenters. The van der Waals surface area contributed by atoms with Crippen LogP contribution in [0.2, 0.25) is 0 Å². The van der Waals surface area contributed by atoms with Crippen molar-refractivity contribution >= 4 is 32.9 Å². The first-order valence-electron chi connectivity index (χ1n) is 11.7. The van der Waals surface area contributed by atoms with Crippen LogP contribution >= 0.6 is 11.3 Å². The standard InChI is InChI=1S/C27H26N4O4S2/c1-14-16(3)36-26-22(14)24(28-23(15(2)27(32)33)25-30-29-17(4)31(25)26)20-8-6-18(7-9-20)19-10-12-21(13-11-19)37(5,34)35/h6-13,15,23H,1-5H3,(H,32,33)/t15?,23-/m0/s1. The van der Waals surface area contributed by atoms with E-state index in [1.165, 1.54) is 6.26 Å². The van der Waals surface area contributed by atoms with Gasteiger partial charge in [-0.3, -0.25) is 14.4 Å². The third kappa shape index (κ3) is 4.30. The summed E-state index contributed by atoms with van der Waals surface area (Å²) in [4.78, 5) is 18.5. The minimum atomic E-state index is -3.26. The molecule has 2 aromatic carbocycles. The Bertz CT molecular complexity index is 1660. The molecule has 1 unspecified atom stereocenters. The van der Waals surface area contributed by atoms with E-state index in [9.17, 15) is 18.3 Å². The van der Waals surface area contributed by atoms with Gasteiger partial charge in [-0.25, -0.2) is 8.42 Å². The van der Waals surface area contributed by atoms with Gasteiger partial charge in [0.2, 0.25) is 0 Å². The molecule has 1 aliphatic heterocycles. The van der Waals surface area contributed by atoms with Gasteiger partial charge < -0.3 is 5.11 Å². The molecule has 0 radical (unpaired) electrons. The molecule has 3 heterocycles. The smallest absolute Gasteiger partial charge is 0.308 e. The van der Waals surface area contributed by atoms with E-state index >= 15 is 0 Å². The van der Waals surface area contributed by atoms with Crippen molar-refractivity contribution in [2.75, 3.05) is 6.26 Å². The zero-order valence-corrected chi connectivity index (χ0v) is 22.7. The molecular formula is C27H26N4O4S2. The maximum atomic E-state index is 12.0. The van der Waals surface area contributed by atoms with Crippen molar-refractivity contribution in [2.45, 2.75) is 38.6 Å². The lowest BCUT2D eigenvalue weighted by Gasteiger charge is -2.16. The summed E-state index contributed by atoms with van der Waals surface area (Å²) in [6.07, 6.45) is 1.19. The van der Waals surface area contributed by atoms with Gasteiger partial charge in [0, 0.05) is 22.3 Å². The first-order chi connectivity index (χ1) is 17.5. The summed E-state index contributed by atoms with van der Waals surface area (Å²) in [6.45, 7) is 7.62. The molecular weight excluding hydrogens is 508 g/mol. The van der Waals surface area contributed by atoms with Crippen molar-refractivity contribution in [2.24, 2.45) is 10.9 Å². The number of aliphatic imine (C=N–C) groups is 1. The van der Waals surface area contributed by atoms with Crippen LogP contribution in [0.3, 0.4) is 0 Å². The van der Waals surface area contributed by atoms with Crippen molar-refractivity contribution in [3.63, 3.8) is 0 Å². The van der Waals surface area contributed by atoms with Gasteiger partial charge in [-0.15, -0.1) is 21.5 Å². The number of carbonyl (C=O) groups is 1. The highest BCUT2D eigenvalue weighted by molar-refractivity contribution is 7.90. The predicted octanol–water partition coefficient (Wildman–Crippen LogP) is 4.94. The number of sulfone groups is 1. The molecule has 0 saturated carbocycles. The number of fused-ring (bicyclic) bond motifs is 3. The lowest BCUT2D eigenvalue weighted by atomic mass is 9.96. The monoisotopic (exact) mass is 534 g/mol. The summed E-state index contributed by atoms with van der Waals surface area (Å²) in [5.41, 5.74) is 5.44. The Morgan fingerprint density at radius 2 is 1.54 bits per heavy atom. The van der Waals surface area contributed by atoms with E-state index in [0.717, 1.165) is 43.4 Å². The van der Waals surface area contributed by atoms with Crippen molar-refractivity contribution in [3.8, 4) is 16.1 Å². The van der Waals surface area contributed by atoms with Crippen LogP contribution in [-0.2, 0) is 14.6 Å². The van der Waals surface area contributed by atoms with E-state index in [1.54, 1.807) is 42.5 Å². The number of aromatic nitrogens is 3. The Kier molecular flexibility index (Phi) is 6.12. The Labute approximate surface area is 219 Å². The quantitative estimate of drug-likeness (QED) is 0.388. The van der Waals surface area contributed by atoms with Crippen molar-refractivity contribution < 1.29 is 18.3 Å². The van der Waals surface area contributed by atoms with Crippen molar-refractivity contribution in [3.05, 3.63) is 81.7 Å². The van der Waals surface area contributed by atoms with E-state index in [1.807, 2.05) is 35.8 Å². The number of nitrogens with zero attached hydrogens (tertiary/aromatic N) is 4. The highest BCUT2D eigenvalue weighted by atomic mass is 32.2. The molecule has 10 heteroatoms. The van der Waals surface area contributed by atoms with Gasteiger partial charge in [-0.2, -0.15) is 0 Å². The van der Waals surface area contributed by atoms with E-state index < -0.39 is 27.8 Å². The Morgan fingerprint density at radius 3 is 2.11 bits per heavy atom. The molecule has 4 aromatic rings. The number of carboxylic acid groups (broad SMARTS) is 1. The molecule has 0 saturated heterocycles. The van der Waals surface area contributed by atoms with E-state index in [0.29, 0.717) is 11.6 Å². The van der Waals surface area contributed by atoms with Crippen LogP contribution in [0.15, 0.2) is 58.4 Å². The number of carboxylic acids is 1. The summed E-state index contributed by atoms with van der Waals surface area (Å²) in [5, 5.41) is 19.4. The number of aryl methyl sites for hydroxylation is 2. The summed E-state index contributed by atoms with van der Waals surface area (Å²) in [7, 11) is -3.26. The van der Waals surface area contributed by atoms with Crippen LogP contribution in [0.1, 0.15) is 46.2 Å². The lowest BCUT2D eigenvalue weighted by molar-refractivity contribution is -0.141. The van der Waals surface area contributed by atoms with Crippen molar-refractivity contribution in [1.29, 1.82) is 0 Å². The lowest BCUT2D eigenvalue weighted by Crippen LogP contribution is -2.21. The molecule has 0 amide bonds. The van der Waals surface area contributed by atoms with E-state index in [2.05, 4.69) is 24.0 Å². The highest BCUT2D eigenvalue weighted by Gasteiger charge is 2.36. The minimum absolute atomic E-state index is 0.275. The van der Waals surface area contributed by atoms with Crippen LogP contribution < -0.4 is 0 Å². The maximum Gasteiger partial charge on any atom is 0.308 e. The Balaban J connectivity index is 1.65. The molecule has 1 aliphatic rings. The second-order valence-electron chi connectivity index (χ2n) is 9.33. The average molecular weight is 535 g/mol. The number of hydrogen-bond donors (Lipinski definition) is 1. The molecule has 2 aromatic heterocycles. The summed E-state index contributed by atoms with van der Waals surface area (Å²) in [5.74, 6) is -0.552. The molecule has 1 N–H and O–H groups in total. The van der Waals surface area contributed by atoms with Crippen LogP contribution in [0.5, 0.6) is 0 Å². The second-order valence-corrected chi connectivity index (χ2v) is 12.5. The first-order valence-corrected chi connectivity index (χ1v) is 14.4. The van der Waals surface area contributed by atoms with Gasteiger partial charge in [0.25, 0.3) is 0 Å². The number of thiophene rings is 1. The molecule has 0 bridgehead atoms. The number of aliphatic carboxylic acids is 1. The van der Waals surface area contributed by atoms with Crippen LogP contribution in [0.25, 0.3) is 16.1 Å². The van der Waals surface area contributed by atoms with Gasteiger partial charge in [-0.05, 0) is 56.5 Å². The summed E-state index contributed by atoms with van der Waals surface area (Å²) < 4.78 is 25.5. The van der Waals surface area contributed by atoms with E-state index in [-0.39, 0.29) is 4.90 Å². The minimum Gasteiger partial charge on any atom is -0.481 e. The average Bonchev–Trinajstić information content (AvgIpc) is 3.33.